The number of aromatic nitrogens is 2. The highest BCUT2D eigenvalue weighted by atomic mass is 79.9. The summed E-state index contributed by atoms with van der Waals surface area (Å²) in [7, 11) is 0. The first-order chi connectivity index (χ1) is 9.11. The number of amidine groups is 1. The summed E-state index contributed by atoms with van der Waals surface area (Å²) in [5.74, 6) is -0.453. The van der Waals surface area contributed by atoms with Crippen LogP contribution in [0.3, 0.4) is 0 Å². The van der Waals surface area contributed by atoms with Gasteiger partial charge in [-0.15, -0.1) is 5.10 Å². The monoisotopic (exact) mass is 341 g/mol. The number of amides is 1. The standard InChI is InChI=1S/C10H8BrN5O2S/c11-5-1-2-6(9(12)15-18)7(3-5)14-10(17)8-4-13-16-19-8/h1-4,18H,(H2,12,15)(H,14,17). The van der Waals surface area contributed by atoms with Gasteiger partial charge in [-0.2, -0.15) is 0 Å². The van der Waals surface area contributed by atoms with Gasteiger partial charge in [-0.25, -0.2) is 0 Å². The molecule has 1 aromatic carbocycles. The average molecular weight is 342 g/mol. The van der Waals surface area contributed by atoms with E-state index in [1.54, 1.807) is 18.2 Å². The lowest BCUT2D eigenvalue weighted by Gasteiger charge is -2.09. The quantitative estimate of drug-likeness (QED) is 0.340. The Bertz CT molecular complexity index is 629. The van der Waals surface area contributed by atoms with E-state index in [9.17, 15) is 4.79 Å². The topological polar surface area (TPSA) is 113 Å². The van der Waals surface area contributed by atoms with Gasteiger partial charge in [0.15, 0.2) is 5.84 Å². The lowest BCUT2D eigenvalue weighted by atomic mass is 10.1. The molecule has 0 saturated heterocycles. The Hall–Kier alpha value is -2.00. The van der Waals surface area contributed by atoms with E-state index in [1.165, 1.54) is 6.20 Å². The van der Waals surface area contributed by atoms with Crippen molar-refractivity contribution in [1.82, 2.24) is 9.59 Å². The van der Waals surface area contributed by atoms with Crippen LogP contribution in [-0.2, 0) is 0 Å². The molecule has 1 aromatic heterocycles. The molecule has 0 spiro atoms. The highest BCUT2D eigenvalue weighted by Gasteiger charge is 2.13. The van der Waals surface area contributed by atoms with Gasteiger partial charge < -0.3 is 16.3 Å². The summed E-state index contributed by atoms with van der Waals surface area (Å²) in [5, 5.41) is 17.9. The molecule has 2 rings (SSSR count). The average Bonchev–Trinajstić information content (AvgIpc) is 2.92. The third-order valence-corrected chi connectivity index (χ3v) is 3.36. The van der Waals surface area contributed by atoms with Crippen molar-refractivity contribution in [2.24, 2.45) is 10.9 Å². The van der Waals surface area contributed by atoms with Crippen molar-refractivity contribution in [2.75, 3.05) is 5.32 Å². The number of oxime groups is 1. The number of nitrogens with two attached hydrogens (primary N) is 1. The first-order valence-electron chi connectivity index (χ1n) is 4.98. The summed E-state index contributed by atoms with van der Waals surface area (Å²) in [6.45, 7) is 0. The molecule has 7 nitrogen and oxygen atoms in total. The zero-order valence-electron chi connectivity index (χ0n) is 9.37. The molecule has 0 bridgehead atoms. The number of anilines is 1. The SMILES string of the molecule is N/C(=N/O)c1ccc(Br)cc1NC(=O)c1cnns1. The molecule has 0 aliphatic rings. The molecular weight excluding hydrogens is 334 g/mol. The number of hydrogen-bond acceptors (Lipinski definition) is 6. The minimum Gasteiger partial charge on any atom is -0.409 e. The van der Waals surface area contributed by atoms with Crippen LogP contribution in [0.25, 0.3) is 0 Å². The Labute approximate surface area is 120 Å². The first kappa shape index (κ1) is 13.4. The third kappa shape index (κ3) is 3.06. The number of benzene rings is 1. The van der Waals surface area contributed by atoms with Crippen LogP contribution in [-0.4, -0.2) is 26.5 Å². The van der Waals surface area contributed by atoms with Crippen LogP contribution in [0.1, 0.15) is 15.2 Å². The minimum absolute atomic E-state index is 0.0924. The summed E-state index contributed by atoms with van der Waals surface area (Å²) < 4.78 is 4.36. The molecule has 0 aliphatic heterocycles. The first-order valence-corrected chi connectivity index (χ1v) is 6.54. The van der Waals surface area contributed by atoms with Crippen molar-refractivity contribution < 1.29 is 10.0 Å². The van der Waals surface area contributed by atoms with Crippen molar-refractivity contribution in [3.05, 3.63) is 39.3 Å². The molecule has 98 valence electrons. The fourth-order valence-electron chi connectivity index (χ4n) is 1.35. The van der Waals surface area contributed by atoms with Crippen LogP contribution in [0.4, 0.5) is 5.69 Å². The van der Waals surface area contributed by atoms with Gasteiger partial charge in [0.25, 0.3) is 5.91 Å². The molecular formula is C10H8BrN5O2S. The normalized spacial score (nSPS) is 11.3. The maximum absolute atomic E-state index is 11.9. The van der Waals surface area contributed by atoms with E-state index in [0.29, 0.717) is 16.1 Å². The Morgan fingerprint density at radius 1 is 1.53 bits per heavy atom. The fourth-order valence-corrected chi connectivity index (χ4v) is 2.12. The number of hydrogen-bond donors (Lipinski definition) is 3. The lowest BCUT2D eigenvalue weighted by molar-refractivity contribution is 0.103. The number of nitrogens with zero attached hydrogens (tertiary/aromatic N) is 3. The molecule has 19 heavy (non-hydrogen) atoms. The highest BCUT2D eigenvalue weighted by molar-refractivity contribution is 9.10. The van der Waals surface area contributed by atoms with Crippen molar-refractivity contribution in [3.63, 3.8) is 0 Å². The van der Waals surface area contributed by atoms with E-state index in [-0.39, 0.29) is 11.7 Å². The van der Waals surface area contributed by atoms with Gasteiger partial charge in [-0.3, -0.25) is 4.79 Å². The molecule has 0 unspecified atom stereocenters. The maximum atomic E-state index is 11.9. The predicted octanol–water partition coefficient (Wildman–Crippen LogP) is 1.65. The molecule has 0 saturated carbocycles. The van der Waals surface area contributed by atoms with E-state index >= 15 is 0 Å². The van der Waals surface area contributed by atoms with E-state index in [0.717, 1.165) is 16.0 Å². The van der Waals surface area contributed by atoms with E-state index in [2.05, 4.69) is 36.0 Å². The minimum atomic E-state index is -0.361. The molecule has 0 fully saturated rings. The molecule has 0 radical (unpaired) electrons. The van der Waals surface area contributed by atoms with Crippen molar-refractivity contribution in [3.8, 4) is 0 Å². The summed E-state index contributed by atoms with van der Waals surface area (Å²) >= 11 is 4.27. The van der Waals surface area contributed by atoms with Gasteiger partial charge >= 0.3 is 0 Å². The number of nitrogens with one attached hydrogen (secondary N) is 1. The van der Waals surface area contributed by atoms with Crippen molar-refractivity contribution in [2.45, 2.75) is 0 Å². The maximum Gasteiger partial charge on any atom is 0.269 e. The van der Waals surface area contributed by atoms with E-state index in [1.807, 2.05) is 0 Å². The molecule has 1 amide bonds. The van der Waals surface area contributed by atoms with Gasteiger partial charge in [0.2, 0.25) is 0 Å². The second-order valence-corrected chi connectivity index (χ2v) is 5.11. The van der Waals surface area contributed by atoms with Crippen LogP contribution >= 0.6 is 27.5 Å². The van der Waals surface area contributed by atoms with Crippen molar-refractivity contribution in [1.29, 1.82) is 0 Å². The summed E-state index contributed by atoms with van der Waals surface area (Å²) in [6.07, 6.45) is 1.36. The molecule has 0 atom stereocenters. The van der Waals surface area contributed by atoms with Crippen LogP contribution in [0, 0.1) is 0 Å². The zero-order valence-corrected chi connectivity index (χ0v) is 11.8. The van der Waals surface area contributed by atoms with Crippen molar-refractivity contribution >= 4 is 44.9 Å². The molecule has 1 heterocycles. The summed E-state index contributed by atoms with van der Waals surface area (Å²) in [4.78, 5) is 12.3. The van der Waals surface area contributed by atoms with Gasteiger partial charge in [0.05, 0.1) is 11.9 Å². The van der Waals surface area contributed by atoms with E-state index < -0.39 is 0 Å². The number of carbonyl (C=O) groups is 1. The molecule has 2 aromatic rings. The Kier molecular flexibility index (Phi) is 4.07. The molecule has 9 heteroatoms. The second-order valence-electron chi connectivity index (χ2n) is 3.41. The van der Waals surface area contributed by atoms with Crippen LogP contribution in [0.15, 0.2) is 34.0 Å². The predicted molar refractivity (Wildman–Crippen MR) is 74.5 cm³/mol. The third-order valence-electron chi connectivity index (χ3n) is 2.20. The van der Waals surface area contributed by atoms with Crippen LogP contribution < -0.4 is 11.1 Å². The van der Waals surface area contributed by atoms with Gasteiger partial charge in [0.1, 0.15) is 4.88 Å². The number of rotatable bonds is 3. The number of halogens is 1. The molecule has 4 N–H and O–H groups in total. The second kappa shape index (κ2) is 5.76. The fraction of sp³-hybridized carbons (Fsp3) is 0. The Morgan fingerprint density at radius 3 is 2.95 bits per heavy atom. The Morgan fingerprint density at radius 2 is 2.32 bits per heavy atom. The Balaban J connectivity index is 2.33. The van der Waals surface area contributed by atoms with Gasteiger partial charge in [-0.05, 0) is 29.7 Å². The largest absolute Gasteiger partial charge is 0.409 e. The van der Waals surface area contributed by atoms with Gasteiger partial charge in [0, 0.05) is 10.0 Å². The lowest BCUT2D eigenvalue weighted by Crippen LogP contribution is -2.18. The highest BCUT2D eigenvalue weighted by Crippen LogP contribution is 2.22. The zero-order chi connectivity index (χ0) is 13.8. The van der Waals surface area contributed by atoms with Crippen LogP contribution in [0.2, 0.25) is 0 Å². The van der Waals surface area contributed by atoms with E-state index in [4.69, 9.17) is 10.9 Å². The summed E-state index contributed by atoms with van der Waals surface area (Å²) in [6, 6.07) is 5.00. The van der Waals surface area contributed by atoms with Crippen LogP contribution in [0.5, 0.6) is 0 Å². The summed E-state index contributed by atoms with van der Waals surface area (Å²) in [5.41, 5.74) is 6.38. The van der Waals surface area contributed by atoms with Gasteiger partial charge in [-0.1, -0.05) is 25.6 Å². The number of carbonyl (C=O) groups excluding carboxylic acids is 1. The smallest absolute Gasteiger partial charge is 0.269 e. The molecule has 0 aliphatic carbocycles.